The lowest BCUT2D eigenvalue weighted by Crippen LogP contribution is -2.31. The van der Waals surface area contributed by atoms with Gasteiger partial charge in [-0.3, -0.25) is 0 Å². The van der Waals surface area contributed by atoms with Crippen molar-refractivity contribution >= 4 is 15.9 Å². The van der Waals surface area contributed by atoms with Crippen LogP contribution in [0.15, 0.2) is 16.6 Å². The molecule has 0 bridgehead atoms. The highest BCUT2D eigenvalue weighted by molar-refractivity contribution is 9.10. The van der Waals surface area contributed by atoms with E-state index in [1.165, 1.54) is 34.9 Å². The molecule has 2 rings (SSSR count). The first-order valence-corrected chi connectivity index (χ1v) is 8.21. The normalized spacial score (nSPS) is 15.1. The quantitative estimate of drug-likeness (QED) is 0.815. The Morgan fingerprint density at radius 1 is 1.32 bits per heavy atom. The Bertz CT molecular complexity index is 419. The Morgan fingerprint density at radius 2 is 2.16 bits per heavy atom. The molecule has 1 N–H and O–H groups in total. The van der Waals surface area contributed by atoms with E-state index in [0.29, 0.717) is 6.04 Å². The van der Waals surface area contributed by atoms with Crippen molar-refractivity contribution in [3.05, 3.63) is 27.7 Å². The molecule has 1 aliphatic rings. The van der Waals surface area contributed by atoms with E-state index in [2.05, 4.69) is 47.2 Å². The van der Waals surface area contributed by atoms with Crippen LogP contribution < -0.4 is 10.1 Å². The molecule has 0 aromatic heterocycles. The fourth-order valence-electron chi connectivity index (χ4n) is 2.74. The Morgan fingerprint density at radius 3 is 2.89 bits per heavy atom. The summed E-state index contributed by atoms with van der Waals surface area (Å²) >= 11 is 3.62. The second-order valence-corrected chi connectivity index (χ2v) is 6.21. The second kappa shape index (κ2) is 7.30. The fourth-order valence-corrected chi connectivity index (χ4v) is 3.29. The molecule has 3 heteroatoms. The van der Waals surface area contributed by atoms with Crippen molar-refractivity contribution in [1.82, 2.24) is 5.32 Å². The number of ether oxygens (including phenoxy) is 1. The average molecular weight is 326 g/mol. The lowest BCUT2D eigenvalue weighted by Gasteiger charge is -2.19. The molecule has 1 unspecified atom stereocenters. The molecule has 0 aliphatic carbocycles. The van der Waals surface area contributed by atoms with Crippen molar-refractivity contribution < 1.29 is 4.74 Å². The van der Waals surface area contributed by atoms with Crippen molar-refractivity contribution in [2.75, 3.05) is 13.2 Å². The molecule has 0 radical (unpaired) electrons. The summed E-state index contributed by atoms with van der Waals surface area (Å²) in [5.74, 6) is 1.14. The summed E-state index contributed by atoms with van der Waals surface area (Å²) in [6.45, 7) is 6.40. The minimum absolute atomic E-state index is 0.563. The van der Waals surface area contributed by atoms with Crippen molar-refractivity contribution in [2.45, 2.75) is 52.0 Å². The summed E-state index contributed by atoms with van der Waals surface area (Å²) in [7, 11) is 0. The van der Waals surface area contributed by atoms with E-state index in [9.17, 15) is 0 Å². The van der Waals surface area contributed by atoms with Crippen molar-refractivity contribution in [1.29, 1.82) is 0 Å². The predicted molar refractivity (Wildman–Crippen MR) is 84.0 cm³/mol. The molecular formula is C16H24BrNO. The molecule has 0 fully saturated rings. The van der Waals surface area contributed by atoms with Crippen LogP contribution in [0.5, 0.6) is 5.75 Å². The van der Waals surface area contributed by atoms with E-state index >= 15 is 0 Å². The highest BCUT2D eigenvalue weighted by Gasteiger charge is 2.19. The van der Waals surface area contributed by atoms with Crippen LogP contribution in [0.2, 0.25) is 0 Å². The summed E-state index contributed by atoms with van der Waals surface area (Å²) in [6, 6.07) is 4.98. The summed E-state index contributed by atoms with van der Waals surface area (Å²) in [5.41, 5.74) is 2.71. The SMILES string of the molecule is CCCNC(CCC)Cc1cc(Br)cc2c1OCC2. The highest BCUT2D eigenvalue weighted by atomic mass is 79.9. The number of hydrogen-bond donors (Lipinski definition) is 1. The van der Waals surface area contributed by atoms with Crippen LogP contribution in [0, 0.1) is 0 Å². The Hall–Kier alpha value is -0.540. The number of nitrogens with one attached hydrogen (secondary N) is 1. The van der Waals surface area contributed by atoms with Gasteiger partial charge in [0.05, 0.1) is 6.61 Å². The minimum Gasteiger partial charge on any atom is -0.493 e. The third kappa shape index (κ3) is 3.96. The van der Waals surface area contributed by atoms with E-state index in [1.807, 2.05) is 0 Å². The van der Waals surface area contributed by atoms with Gasteiger partial charge in [-0.05, 0) is 49.1 Å². The molecule has 19 heavy (non-hydrogen) atoms. The van der Waals surface area contributed by atoms with E-state index in [0.717, 1.165) is 31.7 Å². The Balaban J connectivity index is 2.12. The van der Waals surface area contributed by atoms with Crippen molar-refractivity contribution in [3.8, 4) is 5.75 Å². The van der Waals surface area contributed by atoms with E-state index in [-0.39, 0.29) is 0 Å². The molecule has 106 valence electrons. The number of fused-ring (bicyclic) bond motifs is 1. The van der Waals surface area contributed by atoms with Gasteiger partial charge in [0, 0.05) is 16.9 Å². The van der Waals surface area contributed by atoms with E-state index in [4.69, 9.17) is 4.74 Å². The summed E-state index contributed by atoms with van der Waals surface area (Å²) in [4.78, 5) is 0. The molecule has 1 aromatic carbocycles. The van der Waals surface area contributed by atoms with Crippen LogP contribution in [0.3, 0.4) is 0 Å². The van der Waals surface area contributed by atoms with Crippen molar-refractivity contribution in [2.24, 2.45) is 0 Å². The van der Waals surface area contributed by atoms with Crippen LogP contribution in [0.25, 0.3) is 0 Å². The molecule has 1 heterocycles. The summed E-state index contributed by atoms with van der Waals surface area (Å²) in [6.07, 6.45) is 5.74. The molecule has 0 saturated heterocycles. The first-order valence-electron chi connectivity index (χ1n) is 7.42. The van der Waals surface area contributed by atoms with Crippen LogP contribution in [0.4, 0.5) is 0 Å². The smallest absolute Gasteiger partial charge is 0.125 e. The molecular weight excluding hydrogens is 302 g/mol. The van der Waals surface area contributed by atoms with Gasteiger partial charge in [0.15, 0.2) is 0 Å². The maximum atomic E-state index is 5.82. The summed E-state index contributed by atoms with van der Waals surface area (Å²) in [5, 5.41) is 3.66. The topological polar surface area (TPSA) is 21.3 Å². The van der Waals surface area contributed by atoms with Gasteiger partial charge in [-0.25, -0.2) is 0 Å². The Labute approximate surface area is 125 Å². The zero-order chi connectivity index (χ0) is 13.7. The van der Waals surface area contributed by atoms with Gasteiger partial charge in [-0.15, -0.1) is 0 Å². The highest BCUT2D eigenvalue weighted by Crippen LogP contribution is 2.34. The van der Waals surface area contributed by atoms with Gasteiger partial charge in [-0.2, -0.15) is 0 Å². The molecule has 1 aromatic rings. The molecule has 1 atom stereocenters. The zero-order valence-corrected chi connectivity index (χ0v) is 13.6. The van der Waals surface area contributed by atoms with Gasteiger partial charge in [0.1, 0.15) is 5.75 Å². The summed E-state index contributed by atoms with van der Waals surface area (Å²) < 4.78 is 7.00. The standard InChI is InChI=1S/C16H24BrNO/c1-3-5-15(18-7-4-2)11-13-10-14(17)9-12-6-8-19-16(12)13/h9-10,15,18H,3-8,11H2,1-2H3. The first kappa shape index (κ1) is 14.9. The van der Waals surface area contributed by atoms with Gasteiger partial charge in [-0.1, -0.05) is 36.2 Å². The maximum Gasteiger partial charge on any atom is 0.125 e. The van der Waals surface area contributed by atoms with Crippen LogP contribution in [-0.2, 0) is 12.8 Å². The number of halogens is 1. The number of rotatable bonds is 7. The van der Waals surface area contributed by atoms with E-state index < -0.39 is 0 Å². The third-order valence-electron chi connectivity index (χ3n) is 3.61. The van der Waals surface area contributed by atoms with Crippen LogP contribution in [0.1, 0.15) is 44.2 Å². The third-order valence-corrected chi connectivity index (χ3v) is 4.07. The van der Waals surface area contributed by atoms with Gasteiger partial charge < -0.3 is 10.1 Å². The molecule has 0 amide bonds. The molecule has 1 aliphatic heterocycles. The van der Waals surface area contributed by atoms with Crippen LogP contribution in [-0.4, -0.2) is 19.2 Å². The lowest BCUT2D eigenvalue weighted by atomic mass is 9.99. The number of hydrogen-bond acceptors (Lipinski definition) is 2. The van der Waals surface area contributed by atoms with E-state index in [1.54, 1.807) is 0 Å². The minimum atomic E-state index is 0.563. The van der Waals surface area contributed by atoms with Crippen LogP contribution >= 0.6 is 15.9 Å². The lowest BCUT2D eigenvalue weighted by molar-refractivity contribution is 0.350. The Kier molecular flexibility index (Phi) is 5.71. The second-order valence-electron chi connectivity index (χ2n) is 5.30. The molecule has 0 saturated carbocycles. The first-order chi connectivity index (χ1) is 9.24. The largest absolute Gasteiger partial charge is 0.493 e. The van der Waals surface area contributed by atoms with Gasteiger partial charge in [0.25, 0.3) is 0 Å². The molecule has 2 nitrogen and oxygen atoms in total. The average Bonchev–Trinajstić information content (AvgIpc) is 2.84. The van der Waals surface area contributed by atoms with Crippen molar-refractivity contribution in [3.63, 3.8) is 0 Å². The fraction of sp³-hybridized carbons (Fsp3) is 0.625. The maximum absolute atomic E-state index is 5.82. The number of benzene rings is 1. The van der Waals surface area contributed by atoms with Gasteiger partial charge in [0.2, 0.25) is 0 Å². The molecule has 0 spiro atoms. The van der Waals surface area contributed by atoms with Gasteiger partial charge >= 0.3 is 0 Å². The monoisotopic (exact) mass is 325 g/mol. The zero-order valence-electron chi connectivity index (χ0n) is 12.0. The predicted octanol–water partition coefficient (Wildman–Crippen LogP) is 4.09.